The number of carbonyl (C=O) groups excluding carboxylic acids is 2. The van der Waals surface area contributed by atoms with E-state index in [2.05, 4.69) is 20.9 Å². The number of ether oxygens (including phenoxy) is 1. The summed E-state index contributed by atoms with van der Waals surface area (Å²) < 4.78 is 7.13. The quantitative estimate of drug-likeness (QED) is 0.166. The Bertz CT molecular complexity index is 2140. The van der Waals surface area contributed by atoms with E-state index in [0.29, 0.717) is 52.3 Å². The number of nitrogens with one attached hydrogen (secondary N) is 3. The zero-order chi connectivity index (χ0) is 35.4. The van der Waals surface area contributed by atoms with Crippen LogP contribution in [0.4, 0.5) is 0 Å². The fraction of sp³-hybridized carbons (Fsp3) is 0.270. The molecule has 1 saturated heterocycles. The fourth-order valence-corrected chi connectivity index (χ4v) is 6.76. The molecule has 1 aliphatic heterocycles. The number of methoxy groups -OCH3 is 1. The van der Waals surface area contributed by atoms with Crippen LogP contribution in [0.15, 0.2) is 77.9 Å². The van der Waals surface area contributed by atoms with E-state index < -0.39 is 0 Å². The molecule has 1 aliphatic rings. The average molecular weight is 715 g/mol. The van der Waals surface area contributed by atoms with Crippen molar-refractivity contribution >= 4 is 40.7 Å². The number of fused-ring (bicyclic) bond motifs is 1. The van der Waals surface area contributed by atoms with Crippen LogP contribution >= 0.6 is 23.2 Å². The van der Waals surface area contributed by atoms with Gasteiger partial charge in [0.15, 0.2) is 0 Å². The largest absolute Gasteiger partial charge is 0.481 e. The number of hydrogen-bond acceptors (Lipinski definition) is 8. The summed E-state index contributed by atoms with van der Waals surface area (Å²) in [4.78, 5) is 47.6. The van der Waals surface area contributed by atoms with Crippen molar-refractivity contribution in [1.29, 1.82) is 0 Å². The highest BCUT2D eigenvalue weighted by atomic mass is 35.5. The number of benzene rings is 2. The molecule has 0 saturated carbocycles. The van der Waals surface area contributed by atoms with Gasteiger partial charge in [0.05, 0.1) is 35.0 Å². The van der Waals surface area contributed by atoms with Gasteiger partial charge in [-0.1, -0.05) is 65.7 Å². The van der Waals surface area contributed by atoms with Gasteiger partial charge >= 0.3 is 0 Å². The van der Waals surface area contributed by atoms with Crippen molar-refractivity contribution in [3.8, 4) is 39.4 Å². The Hall–Kier alpha value is -4.81. The molecule has 0 spiro atoms. The first-order chi connectivity index (χ1) is 24.2. The first-order valence-electron chi connectivity index (χ1n) is 16.2. The number of hydrogen-bond donors (Lipinski definition) is 3. The van der Waals surface area contributed by atoms with Crippen LogP contribution in [0.25, 0.3) is 39.2 Å². The summed E-state index contributed by atoms with van der Waals surface area (Å²) in [6.07, 6.45) is 4.62. The summed E-state index contributed by atoms with van der Waals surface area (Å²) in [5, 5.41) is 9.92. The number of carbonyl (C=O) groups is 2. The van der Waals surface area contributed by atoms with E-state index in [4.69, 9.17) is 32.9 Å². The minimum absolute atomic E-state index is 0.0899. The minimum Gasteiger partial charge on any atom is -0.481 e. The molecule has 13 heteroatoms. The van der Waals surface area contributed by atoms with E-state index in [1.165, 1.54) is 4.40 Å². The second kappa shape index (κ2) is 15.4. The molecule has 2 amide bonds. The van der Waals surface area contributed by atoms with Gasteiger partial charge in [-0.3, -0.25) is 23.7 Å². The number of aromatic nitrogens is 3. The number of nitrogens with zero attached hydrogens (tertiary/aromatic N) is 4. The van der Waals surface area contributed by atoms with E-state index in [0.717, 1.165) is 39.8 Å². The molecule has 3 N–H and O–H groups in total. The van der Waals surface area contributed by atoms with Crippen LogP contribution in [0, 0.1) is 0 Å². The third-order valence-corrected chi connectivity index (χ3v) is 9.53. The zero-order valence-electron chi connectivity index (χ0n) is 27.9. The van der Waals surface area contributed by atoms with Crippen LogP contribution in [-0.4, -0.2) is 71.4 Å². The molecule has 2 aromatic carbocycles. The summed E-state index contributed by atoms with van der Waals surface area (Å²) in [5.74, 6) is 0.438. The van der Waals surface area contributed by atoms with Gasteiger partial charge in [-0.15, -0.1) is 0 Å². The molecule has 3 aromatic heterocycles. The maximum Gasteiger partial charge on any atom is 0.262 e. The van der Waals surface area contributed by atoms with Crippen molar-refractivity contribution in [2.75, 3.05) is 34.3 Å². The SMILES string of the molecule is CNC(=O)CN(C)Cc1cnc2cc(-c3cccc(-c4cccc(-c5ccc(CNCC6CCC(=O)N6)c(OC)n5)c4Cl)c3Cl)ccn2c1=O. The molecule has 6 rings (SSSR count). The minimum atomic E-state index is -0.206. The second-order valence-electron chi connectivity index (χ2n) is 12.2. The van der Waals surface area contributed by atoms with E-state index in [1.54, 1.807) is 38.5 Å². The van der Waals surface area contributed by atoms with Gasteiger partial charge in [0.2, 0.25) is 17.7 Å². The zero-order valence-corrected chi connectivity index (χ0v) is 29.4. The van der Waals surface area contributed by atoms with Gasteiger partial charge in [-0.05, 0) is 37.2 Å². The summed E-state index contributed by atoms with van der Waals surface area (Å²) in [6, 6.07) is 19.1. The Kier molecular flexibility index (Phi) is 10.8. The number of rotatable bonds is 12. The highest BCUT2D eigenvalue weighted by molar-refractivity contribution is 6.39. The van der Waals surface area contributed by atoms with Crippen molar-refractivity contribution in [2.24, 2.45) is 0 Å². The molecule has 50 heavy (non-hydrogen) atoms. The van der Waals surface area contributed by atoms with Crippen molar-refractivity contribution in [3.05, 3.63) is 105 Å². The number of amides is 2. The summed E-state index contributed by atoms with van der Waals surface area (Å²) in [7, 11) is 4.93. The average Bonchev–Trinajstić information content (AvgIpc) is 3.54. The third kappa shape index (κ3) is 7.51. The molecule has 11 nitrogen and oxygen atoms in total. The molecule has 1 fully saturated rings. The lowest BCUT2D eigenvalue weighted by molar-refractivity contribution is -0.121. The van der Waals surface area contributed by atoms with Gasteiger partial charge in [-0.25, -0.2) is 9.97 Å². The molecule has 0 bridgehead atoms. The highest BCUT2D eigenvalue weighted by Gasteiger charge is 2.21. The first kappa shape index (κ1) is 35.0. The van der Waals surface area contributed by atoms with Crippen LogP contribution in [0.5, 0.6) is 5.88 Å². The van der Waals surface area contributed by atoms with Gasteiger partial charge < -0.3 is 20.7 Å². The van der Waals surface area contributed by atoms with Crippen molar-refractivity contribution < 1.29 is 14.3 Å². The Balaban J connectivity index is 1.25. The Morgan fingerprint density at radius 1 is 1.02 bits per heavy atom. The maximum absolute atomic E-state index is 13.3. The summed E-state index contributed by atoms with van der Waals surface area (Å²) in [6.45, 7) is 1.65. The number of halogens is 2. The van der Waals surface area contributed by atoms with Gasteiger partial charge in [0, 0.05) is 79.4 Å². The maximum atomic E-state index is 13.3. The van der Waals surface area contributed by atoms with Gasteiger partial charge in [0.1, 0.15) is 5.65 Å². The molecule has 1 atom stereocenters. The first-order valence-corrected chi connectivity index (χ1v) is 16.9. The third-order valence-electron chi connectivity index (χ3n) is 8.71. The standard InChI is InChI=1S/C37H37Cl2N7O4/c1-40-33(48)21-45(2)20-24-18-42-31-16-22(14-15-46(31)37(24)49)26-6-4-7-27(34(26)38)28-8-5-9-29(35(28)39)30-12-10-23(36(44-30)50-3)17-41-19-25-11-13-32(47)43-25/h4-10,12,14-16,18,25,41H,11,13,17,19-21H2,1-3H3,(H,40,48)(H,43,47). The lowest BCUT2D eigenvalue weighted by atomic mass is 9.97. The molecule has 5 aromatic rings. The van der Waals surface area contributed by atoms with E-state index in [9.17, 15) is 14.4 Å². The Labute approximate surface area is 299 Å². The van der Waals surface area contributed by atoms with Crippen molar-refractivity contribution in [2.45, 2.75) is 32.0 Å². The van der Waals surface area contributed by atoms with Crippen LogP contribution in [0.1, 0.15) is 24.0 Å². The Morgan fingerprint density at radius 2 is 1.74 bits per heavy atom. The summed E-state index contributed by atoms with van der Waals surface area (Å²) >= 11 is 14.2. The van der Waals surface area contributed by atoms with Gasteiger partial charge in [0.25, 0.3) is 5.56 Å². The monoisotopic (exact) mass is 713 g/mol. The predicted molar refractivity (Wildman–Crippen MR) is 195 cm³/mol. The highest BCUT2D eigenvalue weighted by Crippen LogP contribution is 2.42. The number of pyridine rings is 2. The van der Waals surface area contributed by atoms with Crippen LogP contribution in [0.2, 0.25) is 10.0 Å². The lowest BCUT2D eigenvalue weighted by Gasteiger charge is -2.16. The topological polar surface area (TPSA) is 130 Å². The van der Waals surface area contributed by atoms with E-state index >= 15 is 0 Å². The smallest absolute Gasteiger partial charge is 0.262 e. The van der Waals surface area contributed by atoms with E-state index in [1.807, 2.05) is 60.7 Å². The van der Waals surface area contributed by atoms with Crippen LogP contribution in [-0.2, 0) is 22.7 Å². The van der Waals surface area contributed by atoms with E-state index in [-0.39, 0.29) is 36.5 Å². The molecule has 0 aliphatic carbocycles. The molecular weight excluding hydrogens is 677 g/mol. The molecule has 258 valence electrons. The predicted octanol–water partition coefficient (Wildman–Crippen LogP) is 4.95. The normalized spacial score (nSPS) is 14.3. The van der Waals surface area contributed by atoms with Crippen LogP contribution < -0.4 is 26.2 Å². The second-order valence-corrected chi connectivity index (χ2v) is 13.0. The molecule has 0 radical (unpaired) electrons. The van der Waals surface area contributed by atoms with Crippen molar-refractivity contribution in [3.63, 3.8) is 0 Å². The fourth-order valence-electron chi connectivity index (χ4n) is 6.10. The molecular formula is C37H37Cl2N7O4. The molecule has 1 unspecified atom stereocenters. The number of likely N-dealkylation sites (N-methyl/N-ethyl adjacent to an activating group) is 2. The Morgan fingerprint density at radius 3 is 2.44 bits per heavy atom. The van der Waals surface area contributed by atoms with Crippen molar-refractivity contribution in [1.82, 2.24) is 35.2 Å². The van der Waals surface area contributed by atoms with Gasteiger partial charge in [-0.2, -0.15) is 0 Å². The lowest BCUT2D eigenvalue weighted by Crippen LogP contribution is -2.35. The molecule has 4 heterocycles. The van der Waals surface area contributed by atoms with Crippen LogP contribution in [0.3, 0.4) is 0 Å². The summed E-state index contributed by atoms with van der Waals surface area (Å²) in [5.41, 5.74) is 6.02.